The Hall–Kier alpha value is -1.30. The maximum atomic E-state index is 11.9. The highest BCUT2D eigenvalue weighted by molar-refractivity contribution is 5.86. The number of piperidine rings is 1. The fourth-order valence-corrected chi connectivity index (χ4v) is 3.37. The summed E-state index contributed by atoms with van der Waals surface area (Å²) in [4.78, 5) is 25.6. The Morgan fingerprint density at radius 2 is 1.86 bits per heavy atom. The monoisotopic (exact) mass is 297 g/mol. The Labute approximate surface area is 126 Å². The van der Waals surface area contributed by atoms with Crippen LogP contribution in [0.25, 0.3) is 0 Å². The second kappa shape index (κ2) is 7.11. The van der Waals surface area contributed by atoms with E-state index in [0.29, 0.717) is 25.3 Å². The Morgan fingerprint density at radius 3 is 2.43 bits per heavy atom. The van der Waals surface area contributed by atoms with Crippen molar-refractivity contribution in [2.75, 3.05) is 26.7 Å². The molecule has 21 heavy (non-hydrogen) atoms. The minimum Gasteiger partial charge on any atom is -0.480 e. The first-order valence-corrected chi connectivity index (χ1v) is 8.00. The third kappa shape index (κ3) is 4.33. The number of carbonyl (C=O) groups excluding carboxylic acids is 1. The van der Waals surface area contributed by atoms with Crippen molar-refractivity contribution < 1.29 is 14.7 Å². The number of hydrogen-bond donors (Lipinski definition) is 3. The normalized spacial score (nSPS) is 22.9. The zero-order valence-electron chi connectivity index (χ0n) is 12.9. The van der Waals surface area contributed by atoms with E-state index in [1.807, 2.05) is 0 Å². The third-order valence-electron chi connectivity index (χ3n) is 4.90. The summed E-state index contributed by atoms with van der Waals surface area (Å²) < 4.78 is 0. The minimum absolute atomic E-state index is 0.341. The molecular weight excluding hydrogens is 270 g/mol. The van der Waals surface area contributed by atoms with Crippen LogP contribution < -0.4 is 10.6 Å². The van der Waals surface area contributed by atoms with Crippen molar-refractivity contribution in [2.24, 2.45) is 5.92 Å². The molecule has 2 amide bonds. The second-order valence-electron chi connectivity index (χ2n) is 6.51. The van der Waals surface area contributed by atoms with Crippen LogP contribution in [-0.4, -0.2) is 54.2 Å². The van der Waals surface area contributed by atoms with Crippen LogP contribution in [0.5, 0.6) is 0 Å². The van der Waals surface area contributed by atoms with Crippen molar-refractivity contribution in [3.05, 3.63) is 0 Å². The summed E-state index contributed by atoms with van der Waals surface area (Å²) in [6.45, 7) is 2.87. The highest BCUT2D eigenvalue weighted by Crippen LogP contribution is 2.29. The van der Waals surface area contributed by atoms with Crippen LogP contribution >= 0.6 is 0 Å². The van der Waals surface area contributed by atoms with E-state index in [1.54, 1.807) is 0 Å². The molecular formula is C15H27N3O3. The molecule has 0 aromatic rings. The molecule has 0 bridgehead atoms. The first-order chi connectivity index (χ1) is 10.0. The summed E-state index contributed by atoms with van der Waals surface area (Å²) in [7, 11) is 2.13. The predicted octanol–water partition coefficient (Wildman–Crippen LogP) is 1.41. The van der Waals surface area contributed by atoms with Crippen LogP contribution in [0.3, 0.4) is 0 Å². The lowest BCUT2D eigenvalue weighted by molar-refractivity contribution is -0.144. The number of nitrogens with zero attached hydrogens (tertiary/aromatic N) is 1. The molecule has 0 unspecified atom stereocenters. The van der Waals surface area contributed by atoms with E-state index in [9.17, 15) is 14.7 Å². The molecule has 0 radical (unpaired) electrons. The van der Waals surface area contributed by atoms with Gasteiger partial charge in [0.15, 0.2) is 0 Å². The van der Waals surface area contributed by atoms with Crippen molar-refractivity contribution in [3.63, 3.8) is 0 Å². The lowest BCUT2D eigenvalue weighted by Gasteiger charge is -2.29. The molecule has 0 atom stereocenters. The standard InChI is InChI=1S/C15H27N3O3/c1-18-10-5-12(6-11-18)4-9-16-14(21)17-15(13(19)20)7-2-3-8-15/h12H,2-11H2,1H3,(H,19,20)(H2,16,17,21). The second-order valence-corrected chi connectivity index (χ2v) is 6.51. The van der Waals surface area contributed by atoms with Gasteiger partial charge >= 0.3 is 12.0 Å². The number of rotatable bonds is 5. The van der Waals surface area contributed by atoms with Crippen LogP contribution in [0.4, 0.5) is 4.79 Å². The average molecular weight is 297 g/mol. The molecule has 2 aliphatic rings. The van der Waals surface area contributed by atoms with Gasteiger partial charge in [0.25, 0.3) is 0 Å². The van der Waals surface area contributed by atoms with E-state index in [2.05, 4.69) is 22.6 Å². The summed E-state index contributed by atoms with van der Waals surface area (Å²) in [6.07, 6.45) is 6.12. The zero-order chi connectivity index (χ0) is 15.3. The number of nitrogens with one attached hydrogen (secondary N) is 2. The van der Waals surface area contributed by atoms with Gasteiger partial charge in [-0.2, -0.15) is 0 Å². The highest BCUT2D eigenvalue weighted by Gasteiger charge is 2.42. The van der Waals surface area contributed by atoms with Gasteiger partial charge in [0.2, 0.25) is 0 Å². The molecule has 1 aliphatic carbocycles. The van der Waals surface area contributed by atoms with Gasteiger partial charge in [-0.25, -0.2) is 9.59 Å². The molecule has 0 spiro atoms. The van der Waals surface area contributed by atoms with Gasteiger partial charge in [-0.05, 0) is 58.2 Å². The first-order valence-electron chi connectivity index (χ1n) is 8.00. The van der Waals surface area contributed by atoms with Crippen LogP contribution in [0, 0.1) is 5.92 Å². The number of likely N-dealkylation sites (tertiary alicyclic amines) is 1. The highest BCUT2D eigenvalue weighted by atomic mass is 16.4. The minimum atomic E-state index is -1.04. The van der Waals surface area contributed by atoms with Gasteiger partial charge < -0.3 is 20.6 Å². The molecule has 6 heteroatoms. The van der Waals surface area contributed by atoms with Crippen molar-refractivity contribution in [2.45, 2.75) is 50.5 Å². The van der Waals surface area contributed by atoms with Crippen molar-refractivity contribution >= 4 is 12.0 Å². The first kappa shape index (κ1) is 16.1. The molecule has 3 N–H and O–H groups in total. The average Bonchev–Trinajstić information content (AvgIpc) is 2.91. The SMILES string of the molecule is CN1CCC(CCNC(=O)NC2(C(=O)O)CCCC2)CC1. The van der Waals surface area contributed by atoms with E-state index < -0.39 is 11.5 Å². The molecule has 1 saturated heterocycles. The smallest absolute Gasteiger partial charge is 0.329 e. The van der Waals surface area contributed by atoms with Gasteiger partial charge in [0.05, 0.1) is 0 Å². The van der Waals surface area contributed by atoms with Crippen LogP contribution in [0.1, 0.15) is 44.9 Å². The van der Waals surface area contributed by atoms with Crippen LogP contribution in [0.2, 0.25) is 0 Å². The van der Waals surface area contributed by atoms with E-state index in [4.69, 9.17) is 0 Å². The molecule has 0 aromatic carbocycles. The van der Waals surface area contributed by atoms with E-state index >= 15 is 0 Å². The van der Waals surface area contributed by atoms with Gasteiger partial charge in [-0.15, -0.1) is 0 Å². The van der Waals surface area contributed by atoms with Crippen molar-refractivity contribution in [1.29, 1.82) is 0 Å². The fraction of sp³-hybridized carbons (Fsp3) is 0.867. The van der Waals surface area contributed by atoms with E-state index in [1.165, 1.54) is 12.8 Å². The number of urea groups is 1. The Morgan fingerprint density at radius 1 is 1.24 bits per heavy atom. The lowest BCUT2D eigenvalue weighted by atomic mass is 9.94. The van der Waals surface area contributed by atoms with E-state index in [0.717, 1.165) is 32.4 Å². The van der Waals surface area contributed by atoms with Gasteiger partial charge in [0.1, 0.15) is 5.54 Å². The molecule has 2 fully saturated rings. The Bertz CT molecular complexity index is 372. The molecule has 120 valence electrons. The summed E-state index contributed by atoms with van der Waals surface area (Å²) in [5.74, 6) is -0.244. The van der Waals surface area contributed by atoms with Gasteiger partial charge in [-0.3, -0.25) is 0 Å². The fourth-order valence-electron chi connectivity index (χ4n) is 3.37. The maximum absolute atomic E-state index is 11.9. The number of hydrogen-bond acceptors (Lipinski definition) is 3. The lowest BCUT2D eigenvalue weighted by Crippen LogP contribution is -2.55. The molecule has 1 heterocycles. The Kier molecular flexibility index (Phi) is 5.45. The number of carbonyl (C=O) groups is 2. The van der Waals surface area contributed by atoms with Crippen molar-refractivity contribution in [3.8, 4) is 0 Å². The van der Waals surface area contributed by atoms with Crippen LogP contribution in [-0.2, 0) is 4.79 Å². The van der Waals surface area contributed by atoms with Gasteiger partial charge in [0, 0.05) is 6.54 Å². The summed E-state index contributed by atoms with van der Waals surface area (Å²) in [5, 5.41) is 14.8. The molecule has 1 saturated carbocycles. The molecule has 6 nitrogen and oxygen atoms in total. The Balaban J connectivity index is 1.68. The predicted molar refractivity (Wildman–Crippen MR) is 80.2 cm³/mol. The molecule has 0 aromatic heterocycles. The number of carboxylic acid groups (broad SMARTS) is 1. The largest absolute Gasteiger partial charge is 0.480 e. The quantitative estimate of drug-likeness (QED) is 0.717. The summed E-state index contributed by atoms with van der Waals surface area (Å²) in [6, 6.07) is -0.341. The third-order valence-corrected chi connectivity index (χ3v) is 4.90. The molecule has 2 rings (SSSR count). The summed E-state index contributed by atoms with van der Waals surface area (Å²) >= 11 is 0. The van der Waals surface area contributed by atoms with Crippen LogP contribution in [0.15, 0.2) is 0 Å². The van der Waals surface area contributed by atoms with Gasteiger partial charge in [-0.1, -0.05) is 12.8 Å². The summed E-state index contributed by atoms with van der Waals surface area (Å²) in [5.41, 5.74) is -1.04. The number of amides is 2. The van der Waals surface area contributed by atoms with E-state index in [-0.39, 0.29) is 6.03 Å². The number of aliphatic carboxylic acids is 1. The van der Waals surface area contributed by atoms with Crippen molar-refractivity contribution in [1.82, 2.24) is 15.5 Å². The topological polar surface area (TPSA) is 81.7 Å². The molecule has 1 aliphatic heterocycles. The zero-order valence-corrected chi connectivity index (χ0v) is 12.9. The maximum Gasteiger partial charge on any atom is 0.329 e. The number of carboxylic acids is 1.